The van der Waals surface area contributed by atoms with Crippen LogP contribution >= 0.6 is 7.60 Å². The number of rotatable bonds is 52. The van der Waals surface area contributed by atoms with Gasteiger partial charge >= 0.3 is 7.60 Å². The lowest BCUT2D eigenvalue weighted by molar-refractivity contribution is 0.0798. The fourth-order valence-electron chi connectivity index (χ4n) is 9.47. The number of ether oxygens (including phenoxy) is 3. The van der Waals surface area contributed by atoms with Crippen LogP contribution in [0.3, 0.4) is 0 Å². The molecule has 2 aromatic rings. The Kier molecular flexibility index (Phi) is 39.9. The molecule has 0 spiro atoms. The highest BCUT2D eigenvalue weighted by Crippen LogP contribution is 2.34. The molecule has 16 nitrogen and oxygen atoms in total. The quantitative estimate of drug-likeness (QED) is 0.0206. The number of allylic oxidation sites excluding steroid dienone is 1. The van der Waals surface area contributed by atoms with Crippen molar-refractivity contribution >= 4 is 24.7 Å². The molecule has 2 unspecified atom stereocenters. The Morgan fingerprint density at radius 3 is 1.46 bits per heavy atom. The normalized spacial score (nSPS) is 12.8. The molecule has 2 atom stereocenters. The summed E-state index contributed by atoms with van der Waals surface area (Å²) in [5, 5.41) is 41.5. The van der Waals surface area contributed by atoms with Crippen LogP contribution in [-0.4, -0.2) is 121 Å². The van der Waals surface area contributed by atoms with Crippen molar-refractivity contribution in [3.05, 3.63) is 27.5 Å². The van der Waals surface area contributed by atoms with Crippen molar-refractivity contribution in [2.75, 3.05) is 64.0 Å². The summed E-state index contributed by atoms with van der Waals surface area (Å²) in [5.41, 5.74) is 0.443. The van der Waals surface area contributed by atoms with Gasteiger partial charge in [0.15, 0.2) is 11.2 Å². The second kappa shape index (κ2) is 43.6. The van der Waals surface area contributed by atoms with Gasteiger partial charge in [0.1, 0.15) is 17.9 Å². The Hall–Kier alpha value is -2.40. The maximum atomic E-state index is 14.5. The number of anilines is 1. The first-order chi connectivity index (χ1) is 35.9. The third-order valence-corrected chi connectivity index (χ3v) is 14.5. The molecule has 2 rings (SSSR count). The molecule has 0 saturated heterocycles. The van der Waals surface area contributed by atoms with Crippen molar-refractivity contribution in [2.45, 2.75) is 265 Å². The monoisotopic (exact) mass is 1070 g/mol. The molecular formula is C57H108N5O11P. The topological polar surface area (TPSA) is 222 Å². The zero-order chi connectivity index (χ0) is 54.1. The van der Waals surface area contributed by atoms with Crippen molar-refractivity contribution in [1.29, 1.82) is 0 Å². The Bertz CT molecular complexity index is 1820. The molecule has 0 bridgehead atoms. The number of imidazole rings is 1. The van der Waals surface area contributed by atoms with Crippen molar-refractivity contribution in [2.24, 2.45) is 0 Å². The zero-order valence-corrected chi connectivity index (χ0v) is 48.1. The fraction of sp³-hybridized carbons (Fsp3) is 0.877. The Balaban J connectivity index is 2.09. The zero-order valence-electron chi connectivity index (χ0n) is 47.2. The highest BCUT2D eigenvalue weighted by Gasteiger charge is 2.26. The molecule has 2 heterocycles. The first-order valence-corrected chi connectivity index (χ1v) is 31.5. The highest BCUT2D eigenvalue weighted by atomic mass is 31.2. The average Bonchev–Trinajstić information content (AvgIpc) is 3.73. The van der Waals surface area contributed by atoms with Crippen molar-refractivity contribution in [3.63, 3.8) is 0 Å². The van der Waals surface area contributed by atoms with Gasteiger partial charge in [-0.3, -0.25) is 13.9 Å². The lowest BCUT2D eigenvalue weighted by atomic mass is 10.0. The number of aliphatic hydroxyl groups excluding tert-OH is 4. The fourth-order valence-corrected chi connectivity index (χ4v) is 9.84. The predicted molar refractivity (Wildman–Crippen MR) is 301 cm³/mol. The summed E-state index contributed by atoms with van der Waals surface area (Å²) < 4.78 is 32.3. The molecule has 2 aromatic heterocycles. The van der Waals surface area contributed by atoms with E-state index in [0.717, 1.165) is 37.7 Å². The minimum atomic E-state index is -4.45. The summed E-state index contributed by atoms with van der Waals surface area (Å²) in [4.78, 5) is 44.7. The number of fused-ring (bicyclic) bond motifs is 1. The molecule has 0 fully saturated rings. The first-order valence-electron chi connectivity index (χ1n) is 29.7. The van der Waals surface area contributed by atoms with Crippen LogP contribution in [-0.2, 0) is 38.3 Å². The van der Waals surface area contributed by atoms with Crippen LogP contribution in [0.2, 0.25) is 0 Å². The number of aliphatic hydroxyl groups is 4. The van der Waals surface area contributed by atoms with E-state index < -0.39 is 44.9 Å². The lowest BCUT2D eigenvalue weighted by Crippen LogP contribution is -2.42. The first kappa shape index (κ1) is 67.7. The summed E-state index contributed by atoms with van der Waals surface area (Å²) in [6.07, 6.45) is 37.9. The van der Waals surface area contributed by atoms with E-state index in [1.54, 1.807) is 9.47 Å². The lowest BCUT2D eigenvalue weighted by Gasteiger charge is -2.30. The van der Waals surface area contributed by atoms with Gasteiger partial charge in [0, 0.05) is 26.1 Å². The van der Waals surface area contributed by atoms with E-state index in [0.29, 0.717) is 37.8 Å². The number of hydrogen-bond acceptors (Lipinski definition) is 12. The third-order valence-electron chi connectivity index (χ3n) is 13.9. The molecule has 0 radical (unpaired) electrons. The molecule has 432 valence electrons. The van der Waals surface area contributed by atoms with Crippen LogP contribution in [0.5, 0.6) is 0 Å². The Labute approximate surface area is 447 Å². The van der Waals surface area contributed by atoms with Gasteiger partial charge in [-0.05, 0) is 32.3 Å². The van der Waals surface area contributed by atoms with E-state index in [1.165, 1.54) is 178 Å². The van der Waals surface area contributed by atoms with Crippen LogP contribution in [0.15, 0.2) is 16.1 Å². The van der Waals surface area contributed by atoms with Crippen LogP contribution in [0, 0.1) is 0 Å². The average molecular weight is 1070 g/mol. The van der Waals surface area contributed by atoms with Crippen molar-refractivity contribution < 1.29 is 49.0 Å². The molecule has 0 amide bonds. The van der Waals surface area contributed by atoms with Crippen molar-refractivity contribution in [1.82, 2.24) is 19.1 Å². The Morgan fingerprint density at radius 2 is 1.03 bits per heavy atom. The van der Waals surface area contributed by atoms with Crippen LogP contribution < -0.4 is 10.5 Å². The predicted octanol–water partition coefficient (Wildman–Crippen LogP) is 11.7. The number of aromatic nitrogens is 4. The maximum absolute atomic E-state index is 14.5. The van der Waals surface area contributed by atoms with E-state index in [9.17, 15) is 39.6 Å². The molecular weight excluding hydrogens is 962 g/mol. The molecule has 17 heteroatoms. The van der Waals surface area contributed by atoms with Gasteiger partial charge in [-0.1, -0.05) is 206 Å². The maximum Gasteiger partial charge on any atom is 0.350 e. The smallest absolute Gasteiger partial charge is 0.350 e. The van der Waals surface area contributed by atoms with E-state index >= 15 is 0 Å². The summed E-state index contributed by atoms with van der Waals surface area (Å²) in [6.45, 7) is 8.07. The highest BCUT2D eigenvalue weighted by molar-refractivity contribution is 7.51. The van der Waals surface area contributed by atoms with Gasteiger partial charge in [-0.2, -0.15) is 4.98 Å². The number of nitrogens with zero attached hydrogens (tertiary/aromatic N) is 5. The van der Waals surface area contributed by atoms with E-state index in [4.69, 9.17) is 24.2 Å². The van der Waals surface area contributed by atoms with E-state index in [-0.39, 0.29) is 49.9 Å². The van der Waals surface area contributed by atoms with E-state index in [1.807, 2.05) is 13.8 Å². The molecule has 0 saturated carbocycles. The SMILES string of the molecule is CCCCCCCCCCCCCCCCCCOCCc1nc2c(=O)n(CC(O)CO)c(N(CC(OCCCCCCCCCCCCCCCCCC)=C(C)C)CC(O)CO)nc2n1CCOCP(=O)(O)O. The number of unbranched alkanes of at least 4 members (excludes halogenated alkanes) is 30. The number of hydrogen-bond donors (Lipinski definition) is 6. The standard InChI is InChI=1S/C57H108N5O11P/c1-5-7-9-11-13-15-17-19-21-23-25-27-29-31-33-35-39-71-41-37-53-58-54-55(61(53)38-42-72-48-74(68,69)70)59-57(62(56(54)67)44-51(66)47-64)60(43-50(65)46-63)45-52(49(3)4)73-40-36-34-32-30-28-26-24-22-20-18-16-14-12-10-8-6-2/h50-51,63-66H,5-48H2,1-4H3,(H2,68,69,70). The summed E-state index contributed by atoms with van der Waals surface area (Å²) in [7, 11) is -4.45. The second-order valence-electron chi connectivity index (χ2n) is 21.2. The minimum Gasteiger partial charge on any atom is -0.496 e. The second-order valence-corrected chi connectivity index (χ2v) is 22.8. The van der Waals surface area contributed by atoms with Crippen LogP contribution in [0.4, 0.5) is 5.95 Å². The van der Waals surface area contributed by atoms with Crippen LogP contribution in [0.1, 0.15) is 239 Å². The van der Waals surface area contributed by atoms with Gasteiger partial charge < -0.3 is 53.9 Å². The van der Waals surface area contributed by atoms with Gasteiger partial charge in [0.2, 0.25) is 5.95 Å². The summed E-state index contributed by atoms with van der Waals surface area (Å²) in [6, 6.07) is 0. The van der Waals surface area contributed by atoms with Gasteiger partial charge in [-0.15, -0.1) is 0 Å². The molecule has 6 N–H and O–H groups in total. The van der Waals surface area contributed by atoms with Crippen molar-refractivity contribution in [3.8, 4) is 0 Å². The van der Waals surface area contributed by atoms with Crippen LogP contribution in [0.25, 0.3) is 11.2 Å². The molecule has 0 aromatic carbocycles. The molecule has 74 heavy (non-hydrogen) atoms. The van der Waals surface area contributed by atoms with Gasteiger partial charge in [0.25, 0.3) is 5.56 Å². The Morgan fingerprint density at radius 1 is 0.581 bits per heavy atom. The minimum absolute atomic E-state index is 0.00785. The summed E-state index contributed by atoms with van der Waals surface area (Å²) in [5.74, 6) is 1.12. The molecule has 0 aliphatic rings. The molecule has 0 aliphatic heterocycles. The largest absolute Gasteiger partial charge is 0.496 e. The van der Waals surface area contributed by atoms with Gasteiger partial charge in [-0.25, -0.2) is 4.98 Å². The van der Waals surface area contributed by atoms with E-state index in [2.05, 4.69) is 13.8 Å². The third kappa shape index (κ3) is 31.7. The van der Waals surface area contributed by atoms with Gasteiger partial charge in [0.05, 0.1) is 58.3 Å². The molecule has 0 aliphatic carbocycles. The summed E-state index contributed by atoms with van der Waals surface area (Å²) >= 11 is 0.